The van der Waals surface area contributed by atoms with Crippen molar-refractivity contribution in [2.45, 2.75) is 11.8 Å². The number of hydrogen-bond donors (Lipinski definition) is 0. The van der Waals surface area contributed by atoms with Gasteiger partial charge in [0.1, 0.15) is 5.41 Å². The van der Waals surface area contributed by atoms with Gasteiger partial charge >= 0.3 is 0 Å². The molecule has 5 rings (SSSR count). The first-order valence-corrected chi connectivity index (χ1v) is 11.9. The highest BCUT2D eigenvalue weighted by Crippen LogP contribution is 2.42. The van der Waals surface area contributed by atoms with Gasteiger partial charge in [-0.1, -0.05) is 78.2 Å². The largest absolute Gasteiger partial charge is 0.369 e. The number of anilines is 1. The smallest absolute Gasteiger partial charge is 0.182 e. The van der Waals surface area contributed by atoms with Gasteiger partial charge in [0.05, 0.1) is 6.54 Å². The molecule has 34 heavy (non-hydrogen) atoms. The molecule has 3 aromatic carbocycles. The zero-order valence-electron chi connectivity index (χ0n) is 18.8. The van der Waals surface area contributed by atoms with Gasteiger partial charge in [-0.05, 0) is 23.8 Å². The first-order valence-electron chi connectivity index (χ1n) is 11.5. The minimum Gasteiger partial charge on any atom is -0.369 e. The fourth-order valence-corrected chi connectivity index (χ4v) is 5.07. The van der Waals surface area contributed by atoms with E-state index in [1.54, 1.807) is 24.3 Å². The number of piperazine rings is 1. The van der Waals surface area contributed by atoms with Crippen molar-refractivity contribution in [3.05, 3.63) is 101 Å². The van der Waals surface area contributed by atoms with E-state index in [0.29, 0.717) is 23.2 Å². The molecule has 0 bridgehead atoms. The molecule has 1 aliphatic heterocycles. The lowest BCUT2D eigenvalue weighted by molar-refractivity contribution is 0.0797. The van der Waals surface area contributed by atoms with Crippen LogP contribution in [0, 0.1) is 11.8 Å². The van der Waals surface area contributed by atoms with E-state index < -0.39 is 5.41 Å². The van der Waals surface area contributed by atoms with Crippen LogP contribution in [-0.2, 0) is 5.41 Å². The Morgan fingerprint density at radius 1 is 0.765 bits per heavy atom. The molecule has 1 heterocycles. The number of ketones is 2. The van der Waals surface area contributed by atoms with Crippen LogP contribution in [0.2, 0.25) is 5.02 Å². The Morgan fingerprint density at radius 2 is 1.41 bits per heavy atom. The second-order valence-corrected chi connectivity index (χ2v) is 9.19. The van der Waals surface area contributed by atoms with Crippen molar-refractivity contribution < 1.29 is 9.59 Å². The van der Waals surface area contributed by atoms with Gasteiger partial charge in [0, 0.05) is 54.4 Å². The summed E-state index contributed by atoms with van der Waals surface area (Å²) in [5.41, 5.74) is 1.58. The fourth-order valence-electron chi connectivity index (χ4n) is 4.89. The maximum absolute atomic E-state index is 13.5. The Balaban J connectivity index is 1.29. The van der Waals surface area contributed by atoms with E-state index in [-0.39, 0.29) is 18.0 Å². The van der Waals surface area contributed by atoms with Crippen molar-refractivity contribution in [2.24, 2.45) is 0 Å². The van der Waals surface area contributed by atoms with Crippen molar-refractivity contribution in [3.63, 3.8) is 0 Å². The maximum atomic E-state index is 13.5. The summed E-state index contributed by atoms with van der Waals surface area (Å²) in [5.74, 6) is 6.14. The Hall–Kier alpha value is -3.39. The predicted molar refractivity (Wildman–Crippen MR) is 136 cm³/mol. The number of nitrogens with zero attached hydrogens (tertiary/aromatic N) is 2. The van der Waals surface area contributed by atoms with Crippen LogP contribution >= 0.6 is 11.6 Å². The molecule has 2 aliphatic rings. The number of carbonyl (C=O) groups excluding carboxylic acids is 2. The van der Waals surface area contributed by atoms with Crippen LogP contribution in [0.1, 0.15) is 32.7 Å². The number of rotatable bonds is 4. The second-order valence-electron chi connectivity index (χ2n) is 8.75. The third kappa shape index (κ3) is 4.03. The minimum absolute atomic E-state index is 0.149. The van der Waals surface area contributed by atoms with E-state index in [4.69, 9.17) is 11.6 Å². The summed E-state index contributed by atoms with van der Waals surface area (Å²) < 4.78 is 0. The van der Waals surface area contributed by atoms with Crippen LogP contribution in [0.5, 0.6) is 0 Å². The molecular weight excluding hydrogens is 444 g/mol. The molecule has 0 atom stereocenters. The van der Waals surface area contributed by atoms with Gasteiger partial charge in [-0.3, -0.25) is 14.5 Å². The second kappa shape index (κ2) is 9.46. The lowest BCUT2D eigenvalue weighted by Gasteiger charge is -2.35. The third-order valence-electron chi connectivity index (χ3n) is 6.78. The summed E-state index contributed by atoms with van der Waals surface area (Å²) in [6.45, 7) is 4.22. The average Bonchev–Trinajstić information content (AvgIpc) is 3.10. The topological polar surface area (TPSA) is 40.6 Å². The molecule has 0 saturated carbocycles. The Kier molecular flexibility index (Phi) is 6.24. The third-order valence-corrected chi connectivity index (χ3v) is 7.02. The molecule has 0 unspecified atom stereocenters. The van der Waals surface area contributed by atoms with Crippen LogP contribution in [-0.4, -0.2) is 49.2 Å². The summed E-state index contributed by atoms with van der Waals surface area (Å²) in [5, 5.41) is 0.747. The van der Waals surface area contributed by atoms with Crippen molar-refractivity contribution in [3.8, 4) is 11.8 Å². The normalized spacial score (nSPS) is 17.3. The number of fused-ring (bicyclic) bond motifs is 1. The molecule has 0 spiro atoms. The molecule has 1 aliphatic carbocycles. The summed E-state index contributed by atoms with van der Waals surface area (Å²) in [4.78, 5) is 31.6. The number of halogens is 1. The molecule has 5 heteroatoms. The highest BCUT2D eigenvalue weighted by molar-refractivity contribution is 6.33. The van der Waals surface area contributed by atoms with Gasteiger partial charge in [0.25, 0.3) is 0 Å². The van der Waals surface area contributed by atoms with Crippen LogP contribution in [0.4, 0.5) is 5.69 Å². The lowest BCUT2D eigenvalue weighted by atomic mass is 9.73. The van der Waals surface area contributed by atoms with Gasteiger partial charge in [-0.15, -0.1) is 5.92 Å². The highest BCUT2D eigenvalue weighted by atomic mass is 35.5. The molecule has 1 saturated heterocycles. The van der Waals surface area contributed by atoms with Gasteiger partial charge in [-0.2, -0.15) is 0 Å². The number of hydrogen-bond acceptors (Lipinski definition) is 4. The molecule has 0 aromatic heterocycles. The maximum Gasteiger partial charge on any atom is 0.182 e. The fraction of sp³-hybridized carbons (Fsp3) is 0.241. The highest BCUT2D eigenvalue weighted by Gasteiger charge is 2.53. The number of Topliss-reactive ketones (excluding diaryl/α,β-unsaturated/α-hetero) is 2. The van der Waals surface area contributed by atoms with Crippen molar-refractivity contribution in [1.29, 1.82) is 0 Å². The van der Waals surface area contributed by atoms with E-state index in [9.17, 15) is 9.59 Å². The van der Waals surface area contributed by atoms with Gasteiger partial charge < -0.3 is 4.90 Å². The monoisotopic (exact) mass is 468 g/mol. The van der Waals surface area contributed by atoms with Crippen LogP contribution in [0.15, 0.2) is 78.9 Å². The molecule has 170 valence electrons. The lowest BCUT2D eigenvalue weighted by Crippen LogP contribution is -2.46. The number of carbonyl (C=O) groups is 2. The van der Waals surface area contributed by atoms with Gasteiger partial charge in [-0.25, -0.2) is 0 Å². The van der Waals surface area contributed by atoms with Crippen LogP contribution in [0.3, 0.4) is 0 Å². The van der Waals surface area contributed by atoms with Crippen LogP contribution in [0.25, 0.3) is 0 Å². The van der Waals surface area contributed by atoms with Crippen molar-refractivity contribution in [2.75, 3.05) is 37.6 Å². The first-order chi connectivity index (χ1) is 16.6. The summed E-state index contributed by atoms with van der Waals surface area (Å²) in [6, 6.07) is 24.4. The van der Waals surface area contributed by atoms with E-state index in [2.05, 4.69) is 27.7 Å². The molecule has 0 N–H and O–H groups in total. The van der Waals surface area contributed by atoms with Crippen molar-refractivity contribution >= 4 is 28.9 Å². The molecule has 3 aromatic rings. The van der Waals surface area contributed by atoms with Gasteiger partial charge in [0.2, 0.25) is 0 Å². The molecular formula is C29H25ClN2O2. The van der Waals surface area contributed by atoms with E-state index >= 15 is 0 Å². The molecule has 4 nitrogen and oxygen atoms in total. The zero-order chi connectivity index (χ0) is 23.5. The number of benzene rings is 3. The van der Waals surface area contributed by atoms with E-state index in [0.717, 1.165) is 36.9 Å². The molecule has 1 fully saturated rings. The predicted octanol–water partition coefficient (Wildman–Crippen LogP) is 4.87. The summed E-state index contributed by atoms with van der Waals surface area (Å²) >= 11 is 6.13. The van der Waals surface area contributed by atoms with Gasteiger partial charge in [0.15, 0.2) is 11.6 Å². The van der Waals surface area contributed by atoms with Crippen LogP contribution < -0.4 is 4.90 Å². The summed E-state index contributed by atoms with van der Waals surface area (Å²) in [6.07, 6.45) is 0.186. The standard InChI is InChI=1S/C29H25ClN2O2/c30-23-11-8-12-24(21-23)32-19-17-31(18-20-32)16-7-6-15-29(22-9-2-1-3-10-22)27(33)25-13-4-5-14-26(25)28(29)34/h1-5,8-14,21H,15-20H2. The molecule has 0 radical (unpaired) electrons. The minimum atomic E-state index is -1.26. The quantitative estimate of drug-likeness (QED) is 0.404. The van der Waals surface area contributed by atoms with E-state index in [1.165, 1.54) is 0 Å². The summed E-state index contributed by atoms with van der Waals surface area (Å²) in [7, 11) is 0. The van der Waals surface area contributed by atoms with E-state index in [1.807, 2.05) is 48.5 Å². The Labute approximate surface area is 205 Å². The Bertz CT molecular complexity index is 1250. The Morgan fingerprint density at radius 3 is 2.06 bits per heavy atom. The van der Waals surface area contributed by atoms with Crippen molar-refractivity contribution in [1.82, 2.24) is 4.90 Å². The average molecular weight is 469 g/mol. The zero-order valence-corrected chi connectivity index (χ0v) is 19.6. The molecule has 0 amide bonds. The first kappa shape index (κ1) is 22.4. The SMILES string of the molecule is O=C1c2ccccc2C(=O)C1(CC#CCN1CCN(c2cccc(Cl)c2)CC1)c1ccccc1.